The van der Waals surface area contributed by atoms with E-state index < -0.39 is 5.60 Å². The normalized spacial score (nSPS) is 16.0. The number of anilines is 1. The number of ether oxygens (including phenoxy) is 1. The Balaban J connectivity index is 2.23. The molecule has 1 aromatic carbocycles. The van der Waals surface area contributed by atoms with Crippen LogP contribution >= 0.6 is 11.6 Å². The molecule has 120 valence electrons. The van der Waals surface area contributed by atoms with Gasteiger partial charge in [-0.2, -0.15) is 0 Å². The van der Waals surface area contributed by atoms with Crippen molar-refractivity contribution in [3.63, 3.8) is 0 Å². The molecule has 0 aliphatic carbocycles. The van der Waals surface area contributed by atoms with Crippen LogP contribution in [0.25, 0.3) is 0 Å². The molecule has 6 heteroatoms. The van der Waals surface area contributed by atoms with Crippen molar-refractivity contribution in [2.75, 3.05) is 18.0 Å². The highest BCUT2D eigenvalue weighted by atomic mass is 35.5. The maximum atomic E-state index is 12.6. The zero-order valence-electron chi connectivity index (χ0n) is 13.1. The van der Waals surface area contributed by atoms with Gasteiger partial charge in [0.1, 0.15) is 12.3 Å². The second-order valence-electron chi connectivity index (χ2n) is 5.82. The summed E-state index contributed by atoms with van der Waals surface area (Å²) in [6.45, 7) is 6.00. The SMILES string of the molecule is CCCCNC(=O)CN1C(=O)C(C)(C)Oc2ccc(Cl)cc21. The smallest absolute Gasteiger partial charge is 0.271 e. The Hall–Kier alpha value is -1.75. The van der Waals surface area contributed by atoms with E-state index in [4.69, 9.17) is 16.3 Å². The van der Waals surface area contributed by atoms with Gasteiger partial charge in [0.2, 0.25) is 5.91 Å². The monoisotopic (exact) mass is 324 g/mol. The van der Waals surface area contributed by atoms with Crippen molar-refractivity contribution >= 4 is 29.1 Å². The average Bonchev–Trinajstić information content (AvgIpc) is 2.45. The molecule has 0 spiro atoms. The van der Waals surface area contributed by atoms with Crippen LogP contribution in [0.3, 0.4) is 0 Å². The molecule has 5 nitrogen and oxygen atoms in total. The Kier molecular flexibility index (Phi) is 4.96. The number of amides is 2. The minimum Gasteiger partial charge on any atom is -0.476 e. The molecule has 0 unspecified atom stereocenters. The van der Waals surface area contributed by atoms with E-state index in [1.807, 2.05) is 0 Å². The number of hydrogen-bond acceptors (Lipinski definition) is 3. The second kappa shape index (κ2) is 6.57. The highest BCUT2D eigenvalue weighted by Gasteiger charge is 2.41. The van der Waals surface area contributed by atoms with E-state index in [0.717, 1.165) is 12.8 Å². The van der Waals surface area contributed by atoms with Gasteiger partial charge in [0.05, 0.1) is 5.69 Å². The number of carbonyl (C=O) groups excluding carboxylic acids is 2. The van der Waals surface area contributed by atoms with Gasteiger partial charge in [-0.3, -0.25) is 14.5 Å². The molecule has 0 saturated carbocycles. The number of fused-ring (bicyclic) bond motifs is 1. The van der Waals surface area contributed by atoms with Gasteiger partial charge in [-0.25, -0.2) is 0 Å². The first-order valence-electron chi connectivity index (χ1n) is 7.42. The number of nitrogens with zero attached hydrogens (tertiary/aromatic N) is 1. The molecule has 0 aromatic heterocycles. The van der Waals surface area contributed by atoms with Gasteiger partial charge in [-0.15, -0.1) is 0 Å². The molecule has 1 aromatic rings. The quantitative estimate of drug-likeness (QED) is 0.847. The highest BCUT2D eigenvalue weighted by molar-refractivity contribution is 6.31. The van der Waals surface area contributed by atoms with Gasteiger partial charge in [-0.1, -0.05) is 24.9 Å². The van der Waals surface area contributed by atoms with E-state index in [9.17, 15) is 9.59 Å². The number of rotatable bonds is 5. The zero-order chi connectivity index (χ0) is 16.3. The summed E-state index contributed by atoms with van der Waals surface area (Å²) in [5.41, 5.74) is -0.479. The van der Waals surface area contributed by atoms with Crippen LogP contribution in [0, 0.1) is 0 Å². The van der Waals surface area contributed by atoms with Crippen LogP contribution in [0.1, 0.15) is 33.6 Å². The van der Waals surface area contributed by atoms with E-state index in [1.54, 1.807) is 32.0 Å². The summed E-state index contributed by atoms with van der Waals surface area (Å²) in [7, 11) is 0. The number of carbonyl (C=O) groups is 2. The highest BCUT2D eigenvalue weighted by Crippen LogP contribution is 2.39. The van der Waals surface area contributed by atoms with Crippen LogP contribution in [0.15, 0.2) is 18.2 Å². The fourth-order valence-corrected chi connectivity index (χ4v) is 2.47. The molecule has 2 amide bonds. The lowest BCUT2D eigenvalue weighted by Crippen LogP contribution is -2.55. The number of unbranched alkanes of at least 4 members (excludes halogenated alkanes) is 1. The fourth-order valence-electron chi connectivity index (χ4n) is 2.30. The molecule has 0 bridgehead atoms. The van der Waals surface area contributed by atoms with Crippen molar-refractivity contribution in [3.05, 3.63) is 23.2 Å². The topological polar surface area (TPSA) is 58.6 Å². The molecule has 2 rings (SSSR count). The first-order chi connectivity index (χ1) is 10.3. The van der Waals surface area contributed by atoms with Crippen LogP contribution in [0.5, 0.6) is 5.75 Å². The van der Waals surface area contributed by atoms with Gasteiger partial charge in [-0.05, 0) is 38.5 Å². The first kappa shape index (κ1) is 16.6. The summed E-state index contributed by atoms with van der Waals surface area (Å²) in [4.78, 5) is 26.1. The summed E-state index contributed by atoms with van der Waals surface area (Å²) < 4.78 is 5.72. The minimum atomic E-state index is -1.01. The second-order valence-corrected chi connectivity index (χ2v) is 6.26. The summed E-state index contributed by atoms with van der Waals surface area (Å²) in [6, 6.07) is 5.06. The Labute approximate surface area is 135 Å². The third kappa shape index (κ3) is 3.53. The molecule has 0 radical (unpaired) electrons. The van der Waals surface area contributed by atoms with E-state index >= 15 is 0 Å². The summed E-state index contributed by atoms with van der Waals surface area (Å²) in [6.07, 6.45) is 1.92. The van der Waals surface area contributed by atoms with Crippen molar-refractivity contribution in [2.45, 2.75) is 39.2 Å². The van der Waals surface area contributed by atoms with E-state index in [1.165, 1.54) is 4.90 Å². The summed E-state index contributed by atoms with van der Waals surface area (Å²) >= 11 is 6.01. The lowest BCUT2D eigenvalue weighted by molar-refractivity contribution is -0.134. The van der Waals surface area contributed by atoms with Gasteiger partial charge >= 0.3 is 0 Å². The summed E-state index contributed by atoms with van der Waals surface area (Å²) in [5.74, 6) is 0.105. The van der Waals surface area contributed by atoms with Crippen molar-refractivity contribution in [3.8, 4) is 5.75 Å². The average molecular weight is 325 g/mol. The van der Waals surface area contributed by atoms with Crippen molar-refractivity contribution < 1.29 is 14.3 Å². The molecular formula is C16H21ClN2O3. The molecule has 1 aliphatic rings. The minimum absolute atomic E-state index is 0.0390. The van der Waals surface area contributed by atoms with Crippen LogP contribution in [-0.4, -0.2) is 30.5 Å². The van der Waals surface area contributed by atoms with E-state index in [0.29, 0.717) is 23.0 Å². The fraction of sp³-hybridized carbons (Fsp3) is 0.500. The maximum Gasteiger partial charge on any atom is 0.271 e. The van der Waals surface area contributed by atoms with Gasteiger partial charge in [0.15, 0.2) is 5.60 Å². The third-order valence-corrected chi connectivity index (χ3v) is 3.73. The molecule has 22 heavy (non-hydrogen) atoms. The standard InChI is InChI=1S/C16H21ClN2O3/c1-4-5-8-18-14(20)10-19-12-9-11(17)6-7-13(12)22-16(2,3)15(19)21/h6-7,9H,4-5,8,10H2,1-3H3,(H,18,20). The van der Waals surface area contributed by atoms with Gasteiger partial charge in [0, 0.05) is 11.6 Å². The molecule has 0 atom stereocenters. The molecule has 0 fully saturated rings. The Morgan fingerprint density at radius 1 is 1.41 bits per heavy atom. The predicted molar refractivity (Wildman–Crippen MR) is 86.4 cm³/mol. The Morgan fingerprint density at radius 2 is 2.14 bits per heavy atom. The van der Waals surface area contributed by atoms with Crippen LogP contribution in [-0.2, 0) is 9.59 Å². The largest absolute Gasteiger partial charge is 0.476 e. The maximum absolute atomic E-state index is 12.6. The van der Waals surface area contributed by atoms with Crippen molar-refractivity contribution in [1.29, 1.82) is 0 Å². The van der Waals surface area contributed by atoms with Crippen molar-refractivity contribution in [2.24, 2.45) is 0 Å². The number of hydrogen-bond donors (Lipinski definition) is 1. The molecule has 0 saturated heterocycles. The predicted octanol–water partition coefficient (Wildman–Crippen LogP) is 2.76. The van der Waals surface area contributed by atoms with Crippen LogP contribution < -0.4 is 15.0 Å². The lowest BCUT2D eigenvalue weighted by atomic mass is 10.0. The number of nitrogens with one attached hydrogen (secondary N) is 1. The number of halogens is 1. The Morgan fingerprint density at radius 3 is 2.82 bits per heavy atom. The molecule has 1 heterocycles. The van der Waals surface area contributed by atoms with E-state index in [2.05, 4.69) is 12.2 Å². The van der Waals surface area contributed by atoms with Crippen LogP contribution in [0.4, 0.5) is 5.69 Å². The number of benzene rings is 1. The molecule has 1 aliphatic heterocycles. The van der Waals surface area contributed by atoms with Crippen molar-refractivity contribution in [1.82, 2.24) is 5.32 Å². The molecular weight excluding hydrogens is 304 g/mol. The lowest BCUT2D eigenvalue weighted by Gasteiger charge is -2.38. The van der Waals surface area contributed by atoms with Gasteiger partial charge in [0.25, 0.3) is 5.91 Å². The Bertz CT molecular complexity index is 587. The van der Waals surface area contributed by atoms with Gasteiger partial charge < -0.3 is 10.1 Å². The summed E-state index contributed by atoms with van der Waals surface area (Å²) in [5, 5.41) is 3.31. The molecule has 1 N–H and O–H groups in total. The van der Waals surface area contributed by atoms with E-state index in [-0.39, 0.29) is 18.4 Å². The third-order valence-electron chi connectivity index (χ3n) is 3.49. The zero-order valence-corrected chi connectivity index (χ0v) is 13.9. The van der Waals surface area contributed by atoms with Crippen LogP contribution in [0.2, 0.25) is 5.02 Å². The first-order valence-corrected chi connectivity index (χ1v) is 7.80.